The quantitative estimate of drug-likeness (QED) is 0.665. The molecule has 0 N–H and O–H groups in total. The molecular formula is C25H32N2O4S. The van der Waals surface area contributed by atoms with Gasteiger partial charge in [0.2, 0.25) is 15.9 Å². The van der Waals surface area contributed by atoms with Crippen molar-refractivity contribution in [1.82, 2.24) is 9.21 Å². The molecule has 32 heavy (non-hydrogen) atoms. The van der Waals surface area contributed by atoms with Gasteiger partial charge in [0.15, 0.2) is 0 Å². The lowest BCUT2D eigenvalue weighted by molar-refractivity contribution is -0.137. The van der Waals surface area contributed by atoms with Crippen LogP contribution in [0.1, 0.15) is 37.7 Å². The highest BCUT2D eigenvalue weighted by molar-refractivity contribution is 7.89. The predicted octanol–water partition coefficient (Wildman–Crippen LogP) is 3.72. The summed E-state index contributed by atoms with van der Waals surface area (Å²) in [6.45, 7) is 1.78. The van der Waals surface area contributed by atoms with Gasteiger partial charge in [0.05, 0.1) is 12.0 Å². The molecule has 2 fully saturated rings. The van der Waals surface area contributed by atoms with Gasteiger partial charge in [-0.25, -0.2) is 8.42 Å². The van der Waals surface area contributed by atoms with Gasteiger partial charge in [-0.1, -0.05) is 36.8 Å². The number of rotatable bonds is 6. The Hall–Kier alpha value is -2.38. The van der Waals surface area contributed by atoms with Crippen molar-refractivity contribution in [2.24, 2.45) is 5.92 Å². The molecule has 7 heteroatoms. The first kappa shape index (κ1) is 22.8. The summed E-state index contributed by atoms with van der Waals surface area (Å²) in [5.41, 5.74) is 1.28. The fraction of sp³-hybridized carbons (Fsp3) is 0.480. The average Bonchev–Trinajstić information content (AvgIpc) is 2.85. The molecular weight excluding hydrogens is 424 g/mol. The lowest BCUT2D eigenvalue weighted by Crippen LogP contribution is -2.54. The van der Waals surface area contributed by atoms with Crippen molar-refractivity contribution in [3.8, 4) is 5.75 Å². The fourth-order valence-electron chi connectivity index (χ4n) is 4.83. The van der Waals surface area contributed by atoms with E-state index < -0.39 is 16.1 Å². The maximum atomic E-state index is 13.4. The highest BCUT2D eigenvalue weighted by Crippen LogP contribution is 2.29. The Labute approximate surface area is 191 Å². The monoisotopic (exact) mass is 456 g/mol. The molecule has 0 bridgehead atoms. The molecule has 1 unspecified atom stereocenters. The van der Waals surface area contributed by atoms with Gasteiger partial charge in [0.1, 0.15) is 11.8 Å². The van der Waals surface area contributed by atoms with E-state index in [9.17, 15) is 13.2 Å². The summed E-state index contributed by atoms with van der Waals surface area (Å²) in [6.07, 6.45) is 5.14. The molecule has 2 aliphatic rings. The molecule has 2 aromatic carbocycles. The number of methoxy groups -OCH3 is 1. The van der Waals surface area contributed by atoms with Crippen LogP contribution in [0.2, 0.25) is 0 Å². The zero-order valence-electron chi connectivity index (χ0n) is 18.7. The van der Waals surface area contributed by atoms with E-state index in [-0.39, 0.29) is 10.8 Å². The number of benzene rings is 2. The van der Waals surface area contributed by atoms with Crippen LogP contribution >= 0.6 is 0 Å². The van der Waals surface area contributed by atoms with E-state index in [1.807, 2.05) is 17.0 Å². The number of hydrogen-bond donors (Lipinski definition) is 0. The highest BCUT2D eigenvalue weighted by Gasteiger charge is 2.40. The van der Waals surface area contributed by atoms with Crippen molar-refractivity contribution in [2.45, 2.75) is 49.5 Å². The second-order valence-electron chi connectivity index (χ2n) is 8.76. The molecule has 2 saturated heterocycles. The van der Waals surface area contributed by atoms with E-state index >= 15 is 0 Å². The first-order valence-electron chi connectivity index (χ1n) is 11.5. The van der Waals surface area contributed by atoms with Crippen LogP contribution in [0, 0.1) is 5.92 Å². The molecule has 0 radical (unpaired) electrons. The van der Waals surface area contributed by atoms with Crippen LogP contribution in [-0.4, -0.2) is 56.3 Å². The van der Waals surface area contributed by atoms with Gasteiger partial charge in [-0.05, 0) is 67.9 Å². The minimum atomic E-state index is -3.68. The molecule has 0 saturated carbocycles. The summed E-state index contributed by atoms with van der Waals surface area (Å²) in [7, 11) is -2.01. The normalized spacial score (nSPS) is 20.8. The largest absolute Gasteiger partial charge is 0.497 e. The minimum absolute atomic E-state index is 0.0351. The number of carbonyl (C=O) groups excluding carboxylic acids is 1. The second kappa shape index (κ2) is 10.0. The molecule has 2 aliphatic heterocycles. The van der Waals surface area contributed by atoms with Crippen LogP contribution in [0.5, 0.6) is 5.75 Å². The zero-order chi connectivity index (χ0) is 22.6. The van der Waals surface area contributed by atoms with Crippen LogP contribution in [0.3, 0.4) is 0 Å². The Morgan fingerprint density at radius 2 is 1.62 bits per heavy atom. The van der Waals surface area contributed by atoms with E-state index in [0.717, 1.165) is 37.9 Å². The number of nitrogens with zero attached hydrogens (tertiary/aromatic N) is 2. The van der Waals surface area contributed by atoms with Crippen LogP contribution in [0.25, 0.3) is 0 Å². The maximum Gasteiger partial charge on any atom is 0.243 e. The molecule has 2 heterocycles. The minimum Gasteiger partial charge on any atom is -0.497 e. The van der Waals surface area contributed by atoms with E-state index in [1.165, 1.54) is 9.87 Å². The van der Waals surface area contributed by atoms with Gasteiger partial charge in [-0.3, -0.25) is 4.79 Å². The number of sulfonamides is 1. The Morgan fingerprint density at radius 1 is 0.938 bits per heavy atom. The zero-order valence-corrected chi connectivity index (χ0v) is 19.5. The number of piperidine rings is 2. The number of amides is 1. The highest BCUT2D eigenvalue weighted by atomic mass is 32.2. The molecule has 1 amide bonds. The van der Waals surface area contributed by atoms with Gasteiger partial charge in [-0.2, -0.15) is 4.31 Å². The van der Waals surface area contributed by atoms with Crippen molar-refractivity contribution < 1.29 is 17.9 Å². The van der Waals surface area contributed by atoms with Crippen LogP contribution in [0.15, 0.2) is 59.5 Å². The molecule has 172 valence electrons. The summed E-state index contributed by atoms with van der Waals surface area (Å²) in [6, 6.07) is 16.0. The Balaban J connectivity index is 1.39. The Kier molecular flexibility index (Phi) is 7.16. The topological polar surface area (TPSA) is 66.9 Å². The van der Waals surface area contributed by atoms with E-state index in [0.29, 0.717) is 32.0 Å². The van der Waals surface area contributed by atoms with Gasteiger partial charge in [0, 0.05) is 19.6 Å². The second-order valence-corrected chi connectivity index (χ2v) is 10.7. The third-order valence-corrected chi connectivity index (χ3v) is 8.62. The molecule has 2 aromatic rings. The number of ether oxygens (including phenoxy) is 1. The van der Waals surface area contributed by atoms with Crippen LogP contribution < -0.4 is 4.74 Å². The first-order chi connectivity index (χ1) is 15.5. The molecule has 4 rings (SSSR count). The van der Waals surface area contributed by atoms with Gasteiger partial charge in [0.25, 0.3) is 0 Å². The fourth-order valence-corrected chi connectivity index (χ4v) is 6.50. The summed E-state index contributed by atoms with van der Waals surface area (Å²) >= 11 is 0. The standard InChI is InChI=1S/C25H32N2O4S/c1-31-22-12-10-20(11-13-22)19-21-14-17-26(18-15-21)25(28)24-9-5-6-16-27(24)32(29,30)23-7-3-2-4-8-23/h2-4,7-8,10-13,21,24H,5-6,9,14-19H2,1H3. The number of carbonyl (C=O) groups is 1. The van der Waals surface area contributed by atoms with Crippen molar-refractivity contribution in [1.29, 1.82) is 0 Å². The molecule has 0 aromatic heterocycles. The summed E-state index contributed by atoms with van der Waals surface area (Å²) < 4.78 is 33.1. The van der Waals surface area contributed by atoms with E-state index in [2.05, 4.69) is 12.1 Å². The molecule has 1 atom stereocenters. The Morgan fingerprint density at radius 3 is 2.28 bits per heavy atom. The smallest absolute Gasteiger partial charge is 0.243 e. The van der Waals surface area contributed by atoms with Gasteiger partial charge in [-0.15, -0.1) is 0 Å². The van der Waals surface area contributed by atoms with E-state index in [1.54, 1.807) is 37.4 Å². The third kappa shape index (κ3) is 4.99. The SMILES string of the molecule is COc1ccc(CC2CCN(C(=O)C3CCCCN3S(=O)(=O)c3ccccc3)CC2)cc1. The number of likely N-dealkylation sites (tertiary alicyclic amines) is 1. The summed E-state index contributed by atoms with van der Waals surface area (Å²) in [5, 5.41) is 0. The predicted molar refractivity (Wildman–Crippen MR) is 124 cm³/mol. The number of hydrogen-bond acceptors (Lipinski definition) is 4. The molecule has 6 nitrogen and oxygen atoms in total. The molecule has 0 aliphatic carbocycles. The lowest BCUT2D eigenvalue weighted by Gasteiger charge is -2.39. The summed E-state index contributed by atoms with van der Waals surface area (Å²) in [5.74, 6) is 1.35. The third-order valence-electron chi connectivity index (χ3n) is 6.70. The van der Waals surface area contributed by atoms with Crippen molar-refractivity contribution in [3.05, 3.63) is 60.2 Å². The van der Waals surface area contributed by atoms with E-state index in [4.69, 9.17) is 4.74 Å². The maximum absolute atomic E-state index is 13.4. The van der Waals surface area contributed by atoms with Crippen molar-refractivity contribution in [2.75, 3.05) is 26.7 Å². The van der Waals surface area contributed by atoms with Crippen LogP contribution in [0.4, 0.5) is 0 Å². The van der Waals surface area contributed by atoms with Gasteiger partial charge < -0.3 is 9.64 Å². The first-order valence-corrected chi connectivity index (χ1v) is 12.9. The van der Waals surface area contributed by atoms with Gasteiger partial charge >= 0.3 is 0 Å². The summed E-state index contributed by atoms with van der Waals surface area (Å²) in [4.78, 5) is 15.5. The van der Waals surface area contributed by atoms with Crippen molar-refractivity contribution >= 4 is 15.9 Å². The van der Waals surface area contributed by atoms with Crippen LogP contribution in [-0.2, 0) is 21.2 Å². The molecule has 0 spiro atoms. The lowest BCUT2D eigenvalue weighted by atomic mass is 9.89. The average molecular weight is 457 g/mol. The Bertz CT molecular complexity index is 1000. The van der Waals surface area contributed by atoms with Crippen molar-refractivity contribution in [3.63, 3.8) is 0 Å².